The summed E-state index contributed by atoms with van der Waals surface area (Å²) in [5, 5.41) is 10.0. The van der Waals surface area contributed by atoms with Crippen molar-refractivity contribution < 1.29 is 19.4 Å². The molecule has 0 aromatic carbocycles. The lowest BCUT2D eigenvalue weighted by Gasteiger charge is -2.43. The number of allylic oxidation sites excluding steroid dienone is 4. The van der Waals surface area contributed by atoms with Crippen LogP contribution in [0.2, 0.25) is 0 Å². The lowest BCUT2D eigenvalue weighted by Crippen LogP contribution is -2.39. The van der Waals surface area contributed by atoms with Crippen molar-refractivity contribution in [2.75, 3.05) is 6.61 Å². The summed E-state index contributed by atoms with van der Waals surface area (Å²) in [7, 11) is 0. The van der Waals surface area contributed by atoms with Gasteiger partial charge in [0.25, 0.3) is 0 Å². The summed E-state index contributed by atoms with van der Waals surface area (Å²) in [5.41, 5.74) is 5.55. The van der Waals surface area contributed by atoms with Crippen LogP contribution >= 0.6 is 0 Å². The molecule has 5 unspecified atom stereocenters. The predicted octanol–water partition coefficient (Wildman–Crippen LogP) is 4.49. The largest absolute Gasteiger partial charge is 0.393 e. The SMILES string of the molecule is CC(C)C1=C2C3=CC=C(C=O)CC(OC4CC(O)CCO4)C3CCC2(C)CC1. The molecule has 1 saturated heterocycles. The molecular weight excluding hydrogens is 352 g/mol. The first-order valence-electron chi connectivity index (χ1n) is 11.0. The van der Waals surface area contributed by atoms with Gasteiger partial charge in [-0.05, 0) is 60.2 Å². The van der Waals surface area contributed by atoms with Crippen LogP contribution in [0.3, 0.4) is 0 Å². The maximum Gasteiger partial charge on any atom is 0.160 e. The van der Waals surface area contributed by atoms with E-state index in [0.29, 0.717) is 31.8 Å². The van der Waals surface area contributed by atoms with Crippen LogP contribution < -0.4 is 0 Å². The van der Waals surface area contributed by atoms with Gasteiger partial charge in [0, 0.05) is 18.8 Å². The van der Waals surface area contributed by atoms with Gasteiger partial charge in [-0.1, -0.05) is 38.5 Å². The third-order valence-electron chi connectivity index (χ3n) is 7.32. The Morgan fingerprint density at radius 1 is 1.29 bits per heavy atom. The third kappa shape index (κ3) is 3.67. The van der Waals surface area contributed by atoms with Crippen LogP contribution in [0.1, 0.15) is 65.7 Å². The van der Waals surface area contributed by atoms with Gasteiger partial charge in [-0.25, -0.2) is 0 Å². The highest BCUT2D eigenvalue weighted by atomic mass is 16.7. The Bertz CT molecular complexity index is 716. The van der Waals surface area contributed by atoms with Crippen LogP contribution in [0.4, 0.5) is 0 Å². The Morgan fingerprint density at radius 2 is 2.11 bits per heavy atom. The van der Waals surface area contributed by atoms with Crippen LogP contribution in [-0.4, -0.2) is 36.5 Å². The van der Waals surface area contributed by atoms with E-state index in [1.807, 2.05) is 6.08 Å². The Kier molecular flexibility index (Phi) is 5.65. The Morgan fingerprint density at radius 3 is 2.82 bits per heavy atom. The van der Waals surface area contributed by atoms with Crippen molar-refractivity contribution in [2.24, 2.45) is 17.3 Å². The second-order valence-electron chi connectivity index (χ2n) is 9.60. The number of ether oxygens (including phenoxy) is 2. The molecule has 0 radical (unpaired) electrons. The summed E-state index contributed by atoms with van der Waals surface area (Å²) in [6, 6.07) is 0. The fourth-order valence-electron chi connectivity index (χ4n) is 5.72. The smallest absolute Gasteiger partial charge is 0.160 e. The maximum atomic E-state index is 11.6. The summed E-state index contributed by atoms with van der Waals surface area (Å²) in [6.07, 6.45) is 10.8. The molecule has 5 atom stereocenters. The zero-order chi connectivity index (χ0) is 19.9. The Labute approximate surface area is 168 Å². The van der Waals surface area contributed by atoms with Crippen LogP contribution in [-0.2, 0) is 14.3 Å². The van der Waals surface area contributed by atoms with Crippen molar-refractivity contribution >= 4 is 6.29 Å². The maximum absolute atomic E-state index is 11.6. The molecule has 0 bridgehead atoms. The first-order chi connectivity index (χ1) is 13.4. The van der Waals surface area contributed by atoms with Gasteiger partial charge in [0.05, 0.1) is 18.8 Å². The number of hydrogen-bond acceptors (Lipinski definition) is 4. The molecule has 0 aromatic heterocycles. The van der Waals surface area contributed by atoms with Crippen LogP contribution in [0.15, 0.2) is 34.4 Å². The van der Waals surface area contributed by atoms with Gasteiger partial charge in [-0.15, -0.1) is 0 Å². The molecule has 4 rings (SSSR count). The Balaban J connectivity index is 1.68. The van der Waals surface area contributed by atoms with Crippen LogP contribution in [0, 0.1) is 17.3 Å². The number of fused-ring (bicyclic) bond motifs is 3. The number of aliphatic hydroxyl groups excluding tert-OH is 1. The minimum atomic E-state index is -0.378. The first kappa shape index (κ1) is 20.1. The van der Waals surface area contributed by atoms with Crippen LogP contribution in [0.25, 0.3) is 0 Å². The lowest BCUT2D eigenvalue weighted by molar-refractivity contribution is -0.213. The monoisotopic (exact) mass is 386 g/mol. The van der Waals surface area contributed by atoms with Crippen molar-refractivity contribution in [3.05, 3.63) is 34.4 Å². The van der Waals surface area contributed by atoms with Gasteiger partial charge >= 0.3 is 0 Å². The van der Waals surface area contributed by atoms with Gasteiger partial charge in [-0.3, -0.25) is 4.79 Å². The van der Waals surface area contributed by atoms with Crippen molar-refractivity contribution in [3.63, 3.8) is 0 Å². The molecule has 0 amide bonds. The molecule has 4 aliphatic rings. The average Bonchev–Trinajstić information content (AvgIpc) is 2.92. The highest BCUT2D eigenvalue weighted by molar-refractivity contribution is 5.74. The molecular formula is C24H34O4. The van der Waals surface area contributed by atoms with E-state index in [1.165, 1.54) is 24.8 Å². The van der Waals surface area contributed by atoms with E-state index in [0.717, 1.165) is 18.3 Å². The van der Waals surface area contributed by atoms with Gasteiger partial charge in [0.15, 0.2) is 6.29 Å². The summed E-state index contributed by atoms with van der Waals surface area (Å²) in [5.74, 6) is 0.830. The minimum Gasteiger partial charge on any atom is -0.393 e. The Hall–Kier alpha value is -1.23. The van der Waals surface area contributed by atoms with E-state index in [-0.39, 0.29) is 29.8 Å². The van der Waals surface area contributed by atoms with Crippen molar-refractivity contribution in [3.8, 4) is 0 Å². The fourth-order valence-corrected chi connectivity index (χ4v) is 5.72. The van der Waals surface area contributed by atoms with Gasteiger partial charge in [-0.2, -0.15) is 0 Å². The number of carbonyl (C=O) groups excluding carboxylic acids is 1. The van der Waals surface area contributed by atoms with E-state index < -0.39 is 0 Å². The normalized spacial score (nSPS) is 38.5. The van der Waals surface area contributed by atoms with E-state index in [2.05, 4.69) is 26.8 Å². The molecule has 0 aromatic rings. The van der Waals surface area contributed by atoms with Gasteiger partial charge in [0.1, 0.15) is 6.29 Å². The molecule has 4 heteroatoms. The highest BCUT2D eigenvalue weighted by Gasteiger charge is 2.47. The van der Waals surface area contributed by atoms with Crippen molar-refractivity contribution in [2.45, 2.75) is 84.2 Å². The highest BCUT2D eigenvalue weighted by Crippen LogP contribution is 2.58. The second kappa shape index (κ2) is 7.89. The molecule has 1 heterocycles. The van der Waals surface area contributed by atoms with Crippen molar-refractivity contribution in [1.82, 2.24) is 0 Å². The standard InChI is InChI=1S/C24H34O4/c1-15(2)18-6-9-24(3)10-7-19-20(23(18)24)5-4-16(14-25)12-21(19)28-22-13-17(26)8-11-27-22/h4-5,14-15,17,19,21-22,26H,6-13H2,1-3H3. The molecule has 154 valence electrons. The summed E-state index contributed by atoms with van der Waals surface area (Å²) < 4.78 is 12.2. The van der Waals surface area contributed by atoms with E-state index in [1.54, 1.807) is 11.1 Å². The second-order valence-corrected chi connectivity index (χ2v) is 9.60. The number of rotatable bonds is 4. The van der Waals surface area contributed by atoms with Crippen molar-refractivity contribution in [1.29, 1.82) is 0 Å². The van der Waals surface area contributed by atoms with E-state index >= 15 is 0 Å². The molecule has 1 N–H and O–H groups in total. The molecule has 4 nitrogen and oxygen atoms in total. The van der Waals surface area contributed by atoms with Crippen LogP contribution in [0.5, 0.6) is 0 Å². The van der Waals surface area contributed by atoms with Gasteiger partial charge in [0.2, 0.25) is 0 Å². The van der Waals surface area contributed by atoms with E-state index in [4.69, 9.17) is 9.47 Å². The zero-order valence-corrected chi connectivity index (χ0v) is 17.4. The predicted molar refractivity (Wildman–Crippen MR) is 109 cm³/mol. The number of carbonyl (C=O) groups is 1. The lowest BCUT2D eigenvalue weighted by atomic mass is 9.64. The third-order valence-corrected chi connectivity index (χ3v) is 7.32. The minimum absolute atomic E-state index is 0.0773. The summed E-state index contributed by atoms with van der Waals surface area (Å²) in [4.78, 5) is 11.6. The quantitative estimate of drug-likeness (QED) is 0.724. The topological polar surface area (TPSA) is 55.8 Å². The average molecular weight is 387 g/mol. The van der Waals surface area contributed by atoms with E-state index in [9.17, 15) is 9.90 Å². The summed E-state index contributed by atoms with van der Waals surface area (Å²) >= 11 is 0. The number of aldehydes is 1. The molecule has 0 spiro atoms. The summed E-state index contributed by atoms with van der Waals surface area (Å²) in [6.45, 7) is 7.54. The number of aliphatic hydroxyl groups is 1. The zero-order valence-electron chi connectivity index (χ0n) is 17.4. The number of hydrogen-bond donors (Lipinski definition) is 1. The molecule has 2 fully saturated rings. The molecule has 1 aliphatic heterocycles. The molecule has 3 aliphatic carbocycles. The van der Waals surface area contributed by atoms with Gasteiger partial charge < -0.3 is 14.6 Å². The first-order valence-corrected chi connectivity index (χ1v) is 11.0. The fraction of sp³-hybridized carbons (Fsp3) is 0.708. The molecule has 28 heavy (non-hydrogen) atoms. The molecule has 1 saturated carbocycles.